The molecule has 2 aromatic rings. The Hall–Kier alpha value is -1.30. The van der Waals surface area contributed by atoms with Gasteiger partial charge in [0.1, 0.15) is 10.0 Å². The molecule has 2 heterocycles. The Morgan fingerprint density at radius 1 is 1.27 bits per heavy atom. The van der Waals surface area contributed by atoms with Crippen molar-refractivity contribution in [3.63, 3.8) is 0 Å². The molecule has 1 saturated heterocycles. The van der Waals surface area contributed by atoms with Crippen molar-refractivity contribution >= 4 is 28.7 Å². The van der Waals surface area contributed by atoms with Gasteiger partial charge in [0, 0.05) is 16.5 Å². The van der Waals surface area contributed by atoms with Gasteiger partial charge in [0.25, 0.3) is 0 Å². The smallest absolute Gasteiger partial charge is 0.176 e. The number of carbonyl (C=O) groups is 1. The summed E-state index contributed by atoms with van der Waals surface area (Å²) in [7, 11) is 0. The molecule has 0 aliphatic carbocycles. The Morgan fingerprint density at radius 2 is 1.95 bits per heavy atom. The minimum atomic E-state index is 0.155. The summed E-state index contributed by atoms with van der Waals surface area (Å²) in [6.07, 6.45) is 2.09. The molecule has 0 unspecified atom stereocenters. The Labute approximate surface area is 139 Å². The largest absolute Gasteiger partial charge is 0.296 e. The first-order chi connectivity index (χ1) is 10.6. The molecule has 3 rings (SSSR count). The van der Waals surface area contributed by atoms with Crippen molar-refractivity contribution in [1.29, 1.82) is 0 Å². The molecule has 4 nitrogen and oxygen atoms in total. The van der Waals surface area contributed by atoms with E-state index >= 15 is 0 Å². The third-order valence-electron chi connectivity index (χ3n) is 4.01. The minimum Gasteiger partial charge on any atom is -0.296 e. The number of piperidine rings is 1. The fraction of sp³-hybridized carbons (Fsp3) is 0.438. The summed E-state index contributed by atoms with van der Waals surface area (Å²) in [6, 6.07) is 7.11. The van der Waals surface area contributed by atoms with Crippen LogP contribution in [-0.2, 0) is 0 Å². The summed E-state index contributed by atoms with van der Waals surface area (Å²) >= 11 is 7.54. The Bertz CT molecular complexity index is 648. The van der Waals surface area contributed by atoms with E-state index < -0.39 is 0 Å². The molecule has 1 aliphatic rings. The molecular formula is C16H18ClN3OS. The zero-order valence-corrected chi connectivity index (χ0v) is 14.0. The van der Waals surface area contributed by atoms with E-state index in [0.29, 0.717) is 17.5 Å². The molecule has 0 bridgehead atoms. The number of aryl methyl sites for hydroxylation is 1. The lowest BCUT2D eigenvalue weighted by Gasteiger charge is -2.30. The van der Waals surface area contributed by atoms with E-state index in [-0.39, 0.29) is 5.78 Å². The molecule has 6 heteroatoms. The van der Waals surface area contributed by atoms with Crippen molar-refractivity contribution in [3.8, 4) is 0 Å². The van der Waals surface area contributed by atoms with E-state index in [0.717, 1.165) is 41.5 Å². The van der Waals surface area contributed by atoms with Gasteiger partial charge >= 0.3 is 0 Å². The summed E-state index contributed by atoms with van der Waals surface area (Å²) in [4.78, 5) is 14.5. The molecule has 1 aromatic heterocycles. The van der Waals surface area contributed by atoms with Gasteiger partial charge in [0.15, 0.2) is 5.78 Å². The van der Waals surface area contributed by atoms with Gasteiger partial charge in [-0.25, -0.2) is 0 Å². The van der Waals surface area contributed by atoms with Gasteiger partial charge in [-0.05, 0) is 57.1 Å². The first-order valence-corrected chi connectivity index (χ1v) is 8.62. The highest BCUT2D eigenvalue weighted by molar-refractivity contribution is 7.11. The number of ketones is 1. The maximum absolute atomic E-state index is 12.3. The van der Waals surface area contributed by atoms with E-state index in [1.54, 1.807) is 35.6 Å². The normalized spacial score (nSPS) is 16.8. The van der Waals surface area contributed by atoms with E-state index in [9.17, 15) is 4.79 Å². The summed E-state index contributed by atoms with van der Waals surface area (Å²) < 4.78 is 0. The highest BCUT2D eigenvalue weighted by atomic mass is 35.5. The van der Waals surface area contributed by atoms with Crippen LogP contribution in [0.1, 0.15) is 39.1 Å². The van der Waals surface area contributed by atoms with Crippen LogP contribution in [0.2, 0.25) is 5.02 Å². The van der Waals surface area contributed by atoms with Crippen LogP contribution >= 0.6 is 22.9 Å². The number of rotatable bonds is 4. The zero-order valence-electron chi connectivity index (χ0n) is 12.5. The predicted molar refractivity (Wildman–Crippen MR) is 88.8 cm³/mol. The molecule has 0 N–H and O–H groups in total. The molecule has 22 heavy (non-hydrogen) atoms. The van der Waals surface area contributed by atoms with Gasteiger partial charge < -0.3 is 0 Å². The fourth-order valence-corrected chi connectivity index (χ4v) is 3.74. The summed E-state index contributed by atoms with van der Waals surface area (Å²) in [6.45, 7) is 4.33. The lowest BCUT2D eigenvalue weighted by molar-refractivity contribution is 0.0909. The Morgan fingerprint density at radius 3 is 2.55 bits per heavy atom. The number of hydrogen-bond acceptors (Lipinski definition) is 5. The second kappa shape index (κ2) is 6.86. The second-order valence-corrected chi connectivity index (χ2v) is 7.29. The van der Waals surface area contributed by atoms with Crippen LogP contribution in [0.5, 0.6) is 0 Å². The van der Waals surface area contributed by atoms with Crippen molar-refractivity contribution in [3.05, 3.63) is 44.9 Å². The average Bonchev–Trinajstić information content (AvgIpc) is 2.95. The molecule has 0 radical (unpaired) electrons. The fourth-order valence-electron chi connectivity index (χ4n) is 2.75. The van der Waals surface area contributed by atoms with Crippen molar-refractivity contribution in [2.75, 3.05) is 19.6 Å². The van der Waals surface area contributed by atoms with Crippen LogP contribution in [0.15, 0.2) is 24.3 Å². The maximum atomic E-state index is 12.3. The number of benzene rings is 1. The second-order valence-electron chi connectivity index (χ2n) is 5.64. The molecule has 0 saturated carbocycles. The summed E-state index contributed by atoms with van der Waals surface area (Å²) in [5.41, 5.74) is 0.728. The van der Waals surface area contributed by atoms with Gasteiger partial charge in [0.2, 0.25) is 0 Å². The monoisotopic (exact) mass is 335 g/mol. The number of nitrogens with zero attached hydrogens (tertiary/aromatic N) is 3. The van der Waals surface area contributed by atoms with E-state index in [1.165, 1.54) is 0 Å². The third kappa shape index (κ3) is 3.72. The number of carbonyl (C=O) groups excluding carboxylic acids is 1. The van der Waals surface area contributed by atoms with Crippen LogP contribution in [0, 0.1) is 6.92 Å². The molecule has 1 fully saturated rings. The van der Waals surface area contributed by atoms with Crippen LogP contribution in [0.3, 0.4) is 0 Å². The minimum absolute atomic E-state index is 0.155. The first-order valence-electron chi connectivity index (χ1n) is 7.43. The third-order valence-corrected chi connectivity index (χ3v) is 5.27. The Balaban J connectivity index is 1.53. The standard InChI is InChI=1S/C16H18ClN3OS/c1-11-18-19-16(22-11)13-6-8-20(9-7-13)10-15(21)12-2-4-14(17)5-3-12/h2-5,13H,6-10H2,1H3. The number of halogens is 1. The highest BCUT2D eigenvalue weighted by Crippen LogP contribution is 2.29. The van der Waals surface area contributed by atoms with Crippen LogP contribution in [0.4, 0.5) is 0 Å². The Kier molecular flexibility index (Phi) is 4.86. The van der Waals surface area contributed by atoms with E-state index in [1.807, 2.05) is 6.92 Å². The number of aromatic nitrogens is 2. The molecule has 0 atom stereocenters. The van der Waals surface area contributed by atoms with Crippen molar-refractivity contribution in [2.45, 2.75) is 25.7 Å². The highest BCUT2D eigenvalue weighted by Gasteiger charge is 2.24. The summed E-state index contributed by atoms with van der Waals surface area (Å²) in [5, 5.41) is 11.2. The molecule has 116 valence electrons. The molecule has 0 amide bonds. The number of Topliss-reactive ketones (excluding diaryl/α,β-unsaturated/α-hetero) is 1. The van der Waals surface area contributed by atoms with Gasteiger partial charge in [0.05, 0.1) is 6.54 Å². The van der Waals surface area contributed by atoms with E-state index in [4.69, 9.17) is 11.6 Å². The first kappa shape index (κ1) is 15.6. The van der Waals surface area contributed by atoms with Gasteiger partial charge in [-0.15, -0.1) is 21.5 Å². The average molecular weight is 336 g/mol. The molecule has 0 spiro atoms. The van der Waals surface area contributed by atoms with Gasteiger partial charge in [-0.1, -0.05) is 11.6 Å². The van der Waals surface area contributed by atoms with Gasteiger partial charge in [-0.2, -0.15) is 0 Å². The molecule has 1 aliphatic heterocycles. The molecular weight excluding hydrogens is 318 g/mol. The van der Waals surface area contributed by atoms with Crippen LogP contribution < -0.4 is 0 Å². The van der Waals surface area contributed by atoms with E-state index in [2.05, 4.69) is 15.1 Å². The SMILES string of the molecule is Cc1nnc(C2CCN(CC(=O)c3ccc(Cl)cc3)CC2)s1. The maximum Gasteiger partial charge on any atom is 0.176 e. The lowest BCUT2D eigenvalue weighted by Crippen LogP contribution is -2.36. The van der Waals surface area contributed by atoms with Crippen LogP contribution in [0.25, 0.3) is 0 Å². The predicted octanol–water partition coefficient (Wildman–Crippen LogP) is 3.56. The van der Waals surface area contributed by atoms with Crippen molar-refractivity contribution < 1.29 is 4.79 Å². The van der Waals surface area contributed by atoms with Gasteiger partial charge in [-0.3, -0.25) is 9.69 Å². The van der Waals surface area contributed by atoms with Crippen LogP contribution in [-0.4, -0.2) is 40.5 Å². The summed E-state index contributed by atoms with van der Waals surface area (Å²) in [5.74, 6) is 0.648. The quantitative estimate of drug-likeness (QED) is 0.801. The number of likely N-dealkylation sites (tertiary alicyclic amines) is 1. The molecule has 1 aromatic carbocycles. The topological polar surface area (TPSA) is 46.1 Å². The van der Waals surface area contributed by atoms with Crippen molar-refractivity contribution in [1.82, 2.24) is 15.1 Å². The number of hydrogen-bond donors (Lipinski definition) is 0. The lowest BCUT2D eigenvalue weighted by atomic mass is 9.97. The van der Waals surface area contributed by atoms with Crippen molar-refractivity contribution in [2.24, 2.45) is 0 Å². The zero-order chi connectivity index (χ0) is 15.5.